The van der Waals surface area contributed by atoms with E-state index in [9.17, 15) is 14.0 Å². The van der Waals surface area contributed by atoms with Crippen molar-refractivity contribution in [1.82, 2.24) is 19.7 Å². The number of aromatic nitrogens is 4. The van der Waals surface area contributed by atoms with Crippen molar-refractivity contribution in [3.8, 4) is 29.0 Å². The summed E-state index contributed by atoms with van der Waals surface area (Å²) >= 11 is 0. The fourth-order valence-electron chi connectivity index (χ4n) is 3.01. The Morgan fingerprint density at radius 1 is 1.14 bits per heavy atom. The van der Waals surface area contributed by atoms with E-state index >= 15 is 0 Å². The van der Waals surface area contributed by atoms with Crippen LogP contribution in [0.25, 0.3) is 33.9 Å². The van der Waals surface area contributed by atoms with Gasteiger partial charge in [0.1, 0.15) is 11.9 Å². The molecule has 4 rings (SSSR count). The molecule has 2 heterocycles. The lowest BCUT2D eigenvalue weighted by Gasteiger charge is -2.08. The molecule has 9 heteroatoms. The Bertz CT molecular complexity index is 1240. The summed E-state index contributed by atoms with van der Waals surface area (Å²) in [5, 5.41) is 20.0. The Kier molecular flexibility index (Phi) is 4.68. The molecule has 0 aliphatic rings. The van der Waals surface area contributed by atoms with E-state index < -0.39 is 13.0 Å². The van der Waals surface area contributed by atoms with Gasteiger partial charge in [-0.25, -0.2) is 13.8 Å². The number of nitrogens with one attached hydrogen (secondary N) is 1. The maximum Gasteiger partial charge on any atom is 0.255 e. The molecule has 146 valence electrons. The van der Waals surface area contributed by atoms with Crippen LogP contribution in [0.5, 0.6) is 0 Å². The average molecular weight is 394 g/mol. The van der Waals surface area contributed by atoms with E-state index in [1.165, 1.54) is 6.07 Å². The Balaban J connectivity index is 1.65. The summed E-state index contributed by atoms with van der Waals surface area (Å²) < 4.78 is 32.6. The molecule has 7 nitrogen and oxygen atoms in total. The van der Waals surface area contributed by atoms with E-state index in [-0.39, 0.29) is 11.5 Å². The summed E-state index contributed by atoms with van der Waals surface area (Å²) in [6.07, 6.45) is -2.51. The van der Waals surface area contributed by atoms with Crippen molar-refractivity contribution in [2.24, 2.45) is 7.05 Å². The van der Waals surface area contributed by atoms with Crippen molar-refractivity contribution in [2.45, 2.75) is 13.3 Å². The second kappa shape index (κ2) is 7.31. The first kappa shape index (κ1) is 18.6. The molecule has 29 heavy (non-hydrogen) atoms. The van der Waals surface area contributed by atoms with Gasteiger partial charge in [0.05, 0.1) is 28.8 Å². The van der Waals surface area contributed by atoms with Gasteiger partial charge in [0.2, 0.25) is 11.8 Å². The van der Waals surface area contributed by atoms with Crippen LogP contribution in [0.3, 0.4) is 0 Å². The van der Waals surface area contributed by atoms with Crippen molar-refractivity contribution in [3.63, 3.8) is 0 Å². The van der Waals surface area contributed by atoms with E-state index in [4.69, 9.17) is 4.42 Å². The smallest absolute Gasteiger partial charge is 0.255 e. The molecule has 2 aromatic carbocycles. The number of aryl methyl sites for hydroxylation is 2. The fourth-order valence-corrected chi connectivity index (χ4v) is 3.01. The largest absolute Gasteiger partial charge is 0.416 e. The number of nitrogens with zero attached hydrogens (tertiary/aromatic N) is 5. The van der Waals surface area contributed by atoms with E-state index in [0.29, 0.717) is 17.1 Å². The van der Waals surface area contributed by atoms with Gasteiger partial charge in [0.25, 0.3) is 6.43 Å². The van der Waals surface area contributed by atoms with Crippen LogP contribution >= 0.6 is 0 Å². The van der Waals surface area contributed by atoms with Gasteiger partial charge in [0, 0.05) is 18.2 Å². The van der Waals surface area contributed by atoms with Crippen molar-refractivity contribution < 1.29 is 13.2 Å². The highest BCUT2D eigenvalue weighted by molar-refractivity contribution is 5.81. The first-order valence-electron chi connectivity index (χ1n) is 8.80. The Labute approximate surface area is 164 Å². The molecule has 0 spiro atoms. The SMILES string of the molecule is Cc1nc2ccc(-c3nnc(-c4ccc(NCC(F)F)c(C#N)c4)o3)cc2n1C. The second-order valence-corrected chi connectivity index (χ2v) is 6.48. The van der Waals surface area contributed by atoms with Gasteiger partial charge < -0.3 is 14.3 Å². The third-order valence-corrected chi connectivity index (χ3v) is 4.61. The number of imidazole rings is 1. The highest BCUT2D eigenvalue weighted by Crippen LogP contribution is 2.28. The third-order valence-electron chi connectivity index (χ3n) is 4.61. The van der Waals surface area contributed by atoms with Crippen molar-refractivity contribution in [3.05, 3.63) is 47.8 Å². The van der Waals surface area contributed by atoms with Gasteiger partial charge in [-0.1, -0.05) is 0 Å². The molecule has 0 saturated heterocycles. The summed E-state index contributed by atoms with van der Waals surface area (Å²) in [4.78, 5) is 4.47. The van der Waals surface area contributed by atoms with Crippen LogP contribution in [-0.4, -0.2) is 32.7 Å². The molecule has 0 amide bonds. The predicted octanol–water partition coefficient (Wildman–Crippen LogP) is 4.15. The van der Waals surface area contributed by atoms with Crippen molar-refractivity contribution in [2.75, 3.05) is 11.9 Å². The minimum absolute atomic E-state index is 0.217. The summed E-state index contributed by atoms with van der Waals surface area (Å²) in [5.41, 5.74) is 3.64. The highest BCUT2D eigenvalue weighted by Gasteiger charge is 2.15. The highest BCUT2D eigenvalue weighted by atomic mass is 19.3. The molecule has 0 bridgehead atoms. The van der Waals surface area contributed by atoms with Crippen LogP contribution in [0.2, 0.25) is 0 Å². The fraction of sp³-hybridized carbons (Fsp3) is 0.200. The number of rotatable bonds is 5. The van der Waals surface area contributed by atoms with Gasteiger partial charge in [-0.05, 0) is 43.3 Å². The van der Waals surface area contributed by atoms with E-state index in [1.54, 1.807) is 12.1 Å². The maximum absolute atomic E-state index is 12.4. The van der Waals surface area contributed by atoms with Crippen LogP contribution in [0.15, 0.2) is 40.8 Å². The van der Waals surface area contributed by atoms with E-state index in [2.05, 4.69) is 20.5 Å². The summed E-state index contributed by atoms with van der Waals surface area (Å²) in [7, 11) is 1.93. The standard InChI is InChI=1S/C20H16F2N6O/c1-11-25-16-6-4-13(8-17(16)28(11)2)20-27-26-19(29-20)12-3-5-15(14(7-12)9-23)24-10-18(21)22/h3-8,18,24H,10H2,1-2H3. The quantitative estimate of drug-likeness (QED) is 0.547. The normalized spacial score (nSPS) is 11.2. The zero-order chi connectivity index (χ0) is 20.5. The molecule has 0 atom stereocenters. The first-order chi connectivity index (χ1) is 14.0. The van der Waals surface area contributed by atoms with Gasteiger partial charge in [-0.3, -0.25) is 0 Å². The Morgan fingerprint density at radius 2 is 1.83 bits per heavy atom. The summed E-state index contributed by atoms with van der Waals surface area (Å²) in [5.74, 6) is 1.46. The molecule has 1 N–H and O–H groups in total. The van der Waals surface area contributed by atoms with Crippen LogP contribution in [0, 0.1) is 18.3 Å². The second-order valence-electron chi connectivity index (χ2n) is 6.48. The maximum atomic E-state index is 12.4. The lowest BCUT2D eigenvalue weighted by molar-refractivity contribution is 0.163. The molecule has 0 saturated carbocycles. The number of nitriles is 1. The molecular formula is C20H16F2N6O. The number of halogens is 2. The number of hydrogen-bond acceptors (Lipinski definition) is 6. The molecule has 0 fully saturated rings. The van der Waals surface area contributed by atoms with E-state index in [0.717, 1.165) is 22.4 Å². The van der Waals surface area contributed by atoms with Crippen LogP contribution in [0.1, 0.15) is 11.4 Å². The van der Waals surface area contributed by atoms with Gasteiger partial charge in [-0.15, -0.1) is 10.2 Å². The molecule has 4 aromatic rings. The van der Waals surface area contributed by atoms with Crippen molar-refractivity contribution >= 4 is 16.7 Å². The molecule has 0 aliphatic carbocycles. The zero-order valence-electron chi connectivity index (χ0n) is 15.6. The number of hydrogen-bond donors (Lipinski definition) is 1. The van der Waals surface area contributed by atoms with Gasteiger partial charge >= 0.3 is 0 Å². The number of alkyl halides is 2. The molecular weight excluding hydrogens is 378 g/mol. The van der Waals surface area contributed by atoms with Gasteiger partial charge in [-0.2, -0.15) is 5.26 Å². The van der Waals surface area contributed by atoms with E-state index in [1.807, 2.05) is 42.8 Å². The lowest BCUT2D eigenvalue weighted by atomic mass is 10.1. The minimum atomic E-state index is -2.51. The van der Waals surface area contributed by atoms with Crippen LogP contribution in [0.4, 0.5) is 14.5 Å². The molecule has 0 unspecified atom stereocenters. The lowest BCUT2D eigenvalue weighted by Crippen LogP contribution is -2.11. The average Bonchev–Trinajstić information content (AvgIpc) is 3.31. The van der Waals surface area contributed by atoms with Crippen molar-refractivity contribution in [1.29, 1.82) is 5.26 Å². The number of anilines is 1. The predicted molar refractivity (Wildman–Crippen MR) is 103 cm³/mol. The third kappa shape index (κ3) is 3.52. The monoisotopic (exact) mass is 394 g/mol. The summed E-state index contributed by atoms with van der Waals surface area (Å²) in [6, 6.07) is 12.4. The number of benzene rings is 2. The summed E-state index contributed by atoms with van der Waals surface area (Å²) in [6.45, 7) is 1.39. The minimum Gasteiger partial charge on any atom is -0.416 e. The number of fused-ring (bicyclic) bond motifs is 1. The Morgan fingerprint density at radius 3 is 2.52 bits per heavy atom. The Hall–Kier alpha value is -3.80. The molecule has 0 radical (unpaired) electrons. The molecule has 0 aliphatic heterocycles. The first-order valence-corrected chi connectivity index (χ1v) is 8.80. The topological polar surface area (TPSA) is 92.6 Å². The van der Waals surface area contributed by atoms with Crippen LogP contribution in [-0.2, 0) is 7.05 Å². The molecule has 2 aromatic heterocycles. The van der Waals surface area contributed by atoms with Gasteiger partial charge in [0.15, 0.2) is 0 Å². The van der Waals surface area contributed by atoms with Crippen LogP contribution < -0.4 is 5.32 Å². The zero-order valence-corrected chi connectivity index (χ0v) is 15.6.